The molecule has 0 aliphatic rings. The number of carbonyl (C=O) groups excluding carboxylic acids is 1. The maximum absolute atomic E-state index is 12.6. The summed E-state index contributed by atoms with van der Waals surface area (Å²) in [6.07, 6.45) is 0. The van der Waals surface area contributed by atoms with Gasteiger partial charge in [0.05, 0.1) is 23.7 Å². The van der Waals surface area contributed by atoms with Gasteiger partial charge in [0.25, 0.3) is 5.91 Å². The summed E-state index contributed by atoms with van der Waals surface area (Å²) in [6, 6.07) is 15.5. The molecule has 3 rings (SSSR count). The molecule has 0 atom stereocenters. The number of hydrogen-bond acceptors (Lipinski definition) is 3. The molecule has 0 saturated carbocycles. The maximum atomic E-state index is 12.6. The highest BCUT2D eigenvalue weighted by atomic mass is 32.1. The zero-order valence-electron chi connectivity index (χ0n) is 14.2. The minimum Gasteiger partial charge on any atom is -0.348 e. The Balaban J connectivity index is 1.73. The molecule has 126 valence electrons. The Hall–Kier alpha value is -2.84. The predicted octanol–water partition coefficient (Wildman–Crippen LogP) is 4.02. The van der Waals surface area contributed by atoms with E-state index in [1.165, 1.54) is 4.88 Å². The van der Waals surface area contributed by atoms with E-state index in [1.807, 2.05) is 38.1 Å². The van der Waals surface area contributed by atoms with Crippen LogP contribution in [0.15, 0.2) is 47.8 Å². The monoisotopic (exact) mass is 349 g/mol. The third-order valence-electron chi connectivity index (χ3n) is 4.22. The first-order valence-corrected chi connectivity index (χ1v) is 8.93. The fourth-order valence-corrected chi connectivity index (χ4v) is 3.55. The third kappa shape index (κ3) is 3.81. The number of amides is 1. The van der Waals surface area contributed by atoms with Crippen LogP contribution in [0.5, 0.6) is 0 Å². The quantitative estimate of drug-likeness (QED) is 0.756. The number of nitriles is 1. The molecule has 0 unspecified atom stereocenters. The molecule has 3 aromatic rings. The molecule has 0 saturated heterocycles. The smallest absolute Gasteiger partial charge is 0.253 e. The Bertz CT molecular complexity index is 933. The van der Waals surface area contributed by atoms with Crippen molar-refractivity contribution in [2.75, 3.05) is 0 Å². The Morgan fingerprint density at radius 3 is 2.80 bits per heavy atom. The van der Waals surface area contributed by atoms with E-state index in [1.54, 1.807) is 23.5 Å². The summed E-state index contributed by atoms with van der Waals surface area (Å²) < 4.78 is 2.16. The predicted molar refractivity (Wildman–Crippen MR) is 99.7 cm³/mol. The van der Waals surface area contributed by atoms with Crippen LogP contribution in [0.2, 0.25) is 0 Å². The molecule has 2 heterocycles. The lowest BCUT2D eigenvalue weighted by Gasteiger charge is -2.09. The topological polar surface area (TPSA) is 57.8 Å². The van der Waals surface area contributed by atoms with Crippen LogP contribution in [0.3, 0.4) is 0 Å². The van der Waals surface area contributed by atoms with Crippen molar-refractivity contribution < 1.29 is 4.79 Å². The zero-order chi connectivity index (χ0) is 17.8. The molecule has 1 amide bonds. The second kappa shape index (κ2) is 7.37. The van der Waals surface area contributed by atoms with Gasteiger partial charge in [-0.15, -0.1) is 11.3 Å². The van der Waals surface area contributed by atoms with E-state index in [-0.39, 0.29) is 5.91 Å². The van der Waals surface area contributed by atoms with Gasteiger partial charge >= 0.3 is 0 Å². The number of rotatable bonds is 5. The molecule has 0 radical (unpaired) electrons. The van der Waals surface area contributed by atoms with Crippen molar-refractivity contribution in [1.82, 2.24) is 9.88 Å². The molecule has 1 N–H and O–H groups in total. The molecule has 0 fully saturated rings. The van der Waals surface area contributed by atoms with Gasteiger partial charge < -0.3 is 9.88 Å². The average molecular weight is 349 g/mol. The van der Waals surface area contributed by atoms with E-state index in [0.29, 0.717) is 17.7 Å². The van der Waals surface area contributed by atoms with E-state index in [9.17, 15) is 4.79 Å². The van der Waals surface area contributed by atoms with E-state index < -0.39 is 0 Å². The summed E-state index contributed by atoms with van der Waals surface area (Å²) in [7, 11) is 0. The first-order chi connectivity index (χ1) is 12.1. The molecule has 2 aromatic heterocycles. The van der Waals surface area contributed by atoms with Gasteiger partial charge in [0.2, 0.25) is 0 Å². The van der Waals surface area contributed by atoms with Crippen molar-refractivity contribution in [3.05, 3.63) is 80.8 Å². The van der Waals surface area contributed by atoms with E-state index >= 15 is 0 Å². The minimum atomic E-state index is -0.0899. The number of aryl methyl sites for hydroxylation is 1. The summed E-state index contributed by atoms with van der Waals surface area (Å²) in [5, 5.41) is 14.0. The van der Waals surface area contributed by atoms with Crippen molar-refractivity contribution in [3.63, 3.8) is 0 Å². The number of thiophene rings is 1. The van der Waals surface area contributed by atoms with Crippen molar-refractivity contribution >= 4 is 17.2 Å². The van der Waals surface area contributed by atoms with Gasteiger partial charge in [-0.1, -0.05) is 18.2 Å². The second-order valence-corrected chi connectivity index (χ2v) is 6.98. The molecular formula is C20H19N3OS. The van der Waals surface area contributed by atoms with Crippen LogP contribution in [-0.4, -0.2) is 10.5 Å². The normalized spacial score (nSPS) is 10.4. The first kappa shape index (κ1) is 17.0. The standard InChI is InChI=1S/C20H19N3OS/c1-14-9-19(15(2)23(14)13-18-7-4-8-25-18)20(24)22-12-17-6-3-5-16(10-17)11-21/h3-10H,12-13H2,1-2H3,(H,22,24). The van der Waals surface area contributed by atoms with Crippen molar-refractivity contribution in [2.24, 2.45) is 0 Å². The third-order valence-corrected chi connectivity index (χ3v) is 5.08. The maximum Gasteiger partial charge on any atom is 0.253 e. The molecular weight excluding hydrogens is 330 g/mol. The summed E-state index contributed by atoms with van der Waals surface area (Å²) in [5.41, 5.74) is 4.25. The molecule has 25 heavy (non-hydrogen) atoms. The molecule has 0 aliphatic carbocycles. The van der Waals surface area contributed by atoms with Gasteiger partial charge in [0.1, 0.15) is 0 Å². The van der Waals surface area contributed by atoms with Gasteiger partial charge in [0.15, 0.2) is 0 Å². The lowest BCUT2D eigenvalue weighted by Crippen LogP contribution is -2.23. The van der Waals surface area contributed by atoms with Crippen molar-refractivity contribution in [1.29, 1.82) is 5.26 Å². The Morgan fingerprint density at radius 1 is 1.24 bits per heavy atom. The fraction of sp³-hybridized carbons (Fsp3) is 0.200. The summed E-state index contributed by atoms with van der Waals surface area (Å²) in [6.45, 7) is 5.19. The number of nitrogens with one attached hydrogen (secondary N) is 1. The number of benzene rings is 1. The van der Waals surface area contributed by atoms with E-state index in [0.717, 1.165) is 23.5 Å². The molecule has 5 heteroatoms. The van der Waals surface area contributed by atoms with Crippen LogP contribution in [-0.2, 0) is 13.1 Å². The minimum absolute atomic E-state index is 0.0899. The van der Waals surface area contributed by atoms with E-state index in [4.69, 9.17) is 5.26 Å². The summed E-state index contributed by atoms with van der Waals surface area (Å²) in [4.78, 5) is 13.8. The number of hydrogen-bond donors (Lipinski definition) is 1. The average Bonchev–Trinajstić information content (AvgIpc) is 3.23. The molecule has 0 bridgehead atoms. The van der Waals surface area contributed by atoms with Crippen LogP contribution in [0, 0.1) is 25.2 Å². The Kier molecular flexibility index (Phi) is 5.01. The number of nitrogens with zero attached hydrogens (tertiary/aromatic N) is 2. The lowest BCUT2D eigenvalue weighted by atomic mass is 10.1. The van der Waals surface area contributed by atoms with Crippen LogP contribution >= 0.6 is 11.3 Å². The molecule has 1 aromatic carbocycles. The fourth-order valence-electron chi connectivity index (χ4n) is 2.86. The number of carbonyl (C=O) groups is 1. The summed E-state index contributed by atoms with van der Waals surface area (Å²) >= 11 is 1.72. The number of aromatic nitrogens is 1. The van der Waals surface area contributed by atoms with Crippen LogP contribution in [0.4, 0.5) is 0 Å². The van der Waals surface area contributed by atoms with Gasteiger partial charge in [-0.2, -0.15) is 5.26 Å². The van der Waals surface area contributed by atoms with Crippen molar-refractivity contribution in [2.45, 2.75) is 26.9 Å². The highest BCUT2D eigenvalue weighted by Crippen LogP contribution is 2.19. The first-order valence-electron chi connectivity index (χ1n) is 8.05. The van der Waals surface area contributed by atoms with Crippen LogP contribution in [0.1, 0.15) is 37.7 Å². The molecule has 4 nitrogen and oxygen atoms in total. The van der Waals surface area contributed by atoms with Crippen LogP contribution < -0.4 is 5.32 Å². The molecule has 0 spiro atoms. The second-order valence-electron chi connectivity index (χ2n) is 5.95. The SMILES string of the molecule is Cc1cc(C(=O)NCc2cccc(C#N)c2)c(C)n1Cc1cccs1. The summed E-state index contributed by atoms with van der Waals surface area (Å²) in [5.74, 6) is -0.0899. The van der Waals surface area contributed by atoms with Gasteiger partial charge in [-0.3, -0.25) is 4.79 Å². The van der Waals surface area contributed by atoms with Crippen LogP contribution in [0.25, 0.3) is 0 Å². The lowest BCUT2D eigenvalue weighted by molar-refractivity contribution is 0.0950. The van der Waals surface area contributed by atoms with Gasteiger partial charge in [0, 0.05) is 22.8 Å². The Labute approximate surface area is 151 Å². The van der Waals surface area contributed by atoms with Gasteiger partial charge in [-0.05, 0) is 49.1 Å². The zero-order valence-corrected chi connectivity index (χ0v) is 15.1. The van der Waals surface area contributed by atoms with Crippen molar-refractivity contribution in [3.8, 4) is 6.07 Å². The highest BCUT2D eigenvalue weighted by molar-refractivity contribution is 7.09. The highest BCUT2D eigenvalue weighted by Gasteiger charge is 2.16. The Morgan fingerprint density at radius 2 is 2.08 bits per heavy atom. The molecule has 0 aliphatic heterocycles. The van der Waals surface area contributed by atoms with E-state index in [2.05, 4.69) is 27.4 Å². The largest absolute Gasteiger partial charge is 0.348 e. The van der Waals surface area contributed by atoms with Gasteiger partial charge in [-0.25, -0.2) is 0 Å².